The molecule has 1 N–H and O–H groups in total. The molecule has 2 saturated heterocycles. The fourth-order valence-corrected chi connectivity index (χ4v) is 6.05. The van der Waals surface area contributed by atoms with E-state index in [0.29, 0.717) is 31.6 Å². The summed E-state index contributed by atoms with van der Waals surface area (Å²) in [4.78, 5) is 16.8. The van der Waals surface area contributed by atoms with Crippen molar-refractivity contribution in [3.8, 4) is 12.1 Å². The zero-order valence-electron chi connectivity index (χ0n) is 21.9. The summed E-state index contributed by atoms with van der Waals surface area (Å²) in [6, 6.07) is 14.3. The van der Waals surface area contributed by atoms with Crippen molar-refractivity contribution in [2.75, 3.05) is 56.2 Å². The number of piperazine rings is 1. The number of likely N-dealkylation sites (tertiary alicyclic amines) is 1. The number of fused-ring (bicyclic) bond motifs is 2. The van der Waals surface area contributed by atoms with E-state index in [9.17, 15) is 9.65 Å². The molecule has 2 aromatic carbocycles. The van der Waals surface area contributed by atoms with Gasteiger partial charge in [-0.15, -0.1) is 0 Å². The van der Waals surface area contributed by atoms with Gasteiger partial charge in [-0.2, -0.15) is 15.2 Å². The molecule has 3 aliphatic heterocycles. The van der Waals surface area contributed by atoms with Gasteiger partial charge in [-0.3, -0.25) is 0 Å². The fraction of sp³-hybridized carbons (Fsp3) is 0.483. The molecule has 3 aromatic rings. The summed E-state index contributed by atoms with van der Waals surface area (Å²) in [7, 11) is 2.14. The average Bonchev–Trinajstić information content (AvgIpc) is 3.35. The van der Waals surface area contributed by atoms with Gasteiger partial charge >= 0.3 is 6.01 Å². The summed E-state index contributed by atoms with van der Waals surface area (Å²) in [5.74, 6) is 0.697. The third-order valence-corrected chi connectivity index (χ3v) is 8.15. The molecule has 2 fully saturated rings. The normalized spacial score (nSPS) is 21.9. The number of anilines is 2. The van der Waals surface area contributed by atoms with E-state index in [0.717, 1.165) is 79.1 Å². The van der Waals surface area contributed by atoms with Crippen LogP contribution in [0.15, 0.2) is 36.4 Å². The minimum absolute atomic E-state index is 0.113. The van der Waals surface area contributed by atoms with Gasteiger partial charge in [-0.25, -0.2) is 4.39 Å². The molecule has 0 unspecified atom stereocenters. The number of likely N-dealkylation sites (N-methyl/N-ethyl adjacent to an activating group) is 1. The van der Waals surface area contributed by atoms with E-state index in [-0.39, 0.29) is 11.9 Å². The molecule has 0 bridgehead atoms. The van der Waals surface area contributed by atoms with E-state index in [1.807, 2.05) is 18.2 Å². The second kappa shape index (κ2) is 10.7. The van der Waals surface area contributed by atoms with Gasteiger partial charge in [0.25, 0.3) is 0 Å². The molecule has 6 rings (SSSR count). The summed E-state index contributed by atoms with van der Waals surface area (Å²) in [6.45, 7) is 5.41. The van der Waals surface area contributed by atoms with Crippen molar-refractivity contribution in [1.29, 1.82) is 5.26 Å². The smallest absolute Gasteiger partial charge is 0.318 e. The first-order chi connectivity index (χ1) is 18.6. The molecule has 3 aliphatic rings. The number of hydrogen-bond donors (Lipinski definition) is 1. The van der Waals surface area contributed by atoms with Crippen LogP contribution in [0, 0.1) is 17.1 Å². The van der Waals surface area contributed by atoms with Gasteiger partial charge in [0, 0.05) is 54.9 Å². The quantitative estimate of drug-likeness (QED) is 0.535. The molecule has 1 aromatic heterocycles. The number of benzene rings is 2. The van der Waals surface area contributed by atoms with Crippen LogP contribution in [0.25, 0.3) is 10.8 Å². The number of halogens is 1. The molecule has 2 atom stereocenters. The number of aromatic nitrogens is 2. The predicted molar refractivity (Wildman–Crippen MR) is 146 cm³/mol. The highest BCUT2D eigenvalue weighted by Gasteiger charge is 2.30. The van der Waals surface area contributed by atoms with Gasteiger partial charge in [-0.05, 0) is 56.4 Å². The van der Waals surface area contributed by atoms with E-state index in [1.54, 1.807) is 6.07 Å². The highest BCUT2D eigenvalue weighted by molar-refractivity contribution is 5.94. The monoisotopic (exact) mass is 515 g/mol. The van der Waals surface area contributed by atoms with E-state index >= 15 is 0 Å². The first-order valence-corrected chi connectivity index (χ1v) is 13.6. The first-order valence-electron chi connectivity index (χ1n) is 13.6. The van der Waals surface area contributed by atoms with E-state index in [2.05, 4.69) is 39.2 Å². The lowest BCUT2D eigenvalue weighted by atomic mass is 10.0. The zero-order valence-corrected chi connectivity index (χ0v) is 21.9. The third kappa shape index (κ3) is 4.98. The SMILES string of the molecule is CN1CCC[C@H]1COc1nc2c(c(N3CCN[C@@H](CC#N)C3)n1)CCN(c1cccc3ccc(F)cc13)C2. The van der Waals surface area contributed by atoms with E-state index in [4.69, 9.17) is 14.7 Å². The van der Waals surface area contributed by atoms with Crippen molar-refractivity contribution >= 4 is 22.3 Å². The number of ether oxygens (including phenoxy) is 1. The highest BCUT2D eigenvalue weighted by Crippen LogP contribution is 2.34. The molecule has 8 nitrogen and oxygen atoms in total. The second-order valence-electron chi connectivity index (χ2n) is 10.6. The molecular formula is C29H34FN7O. The van der Waals surface area contributed by atoms with Crippen LogP contribution in [0.5, 0.6) is 6.01 Å². The molecule has 4 heterocycles. The Bertz CT molecular complexity index is 1360. The van der Waals surface area contributed by atoms with Gasteiger partial charge in [0.05, 0.1) is 24.7 Å². The maximum atomic E-state index is 14.2. The van der Waals surface area contributed by atoms with Crippen LogP contribution in [0.3, 0.4) is 0 Å². The van der Waals surface area contributed by atoms with Crippen LogP contribution in [-0.2, 0) is 13.0 Å². The Morgan fingerprint density at radius 2 is 2.08 bits per heavy atom. The number of rotatable bonds is 6. The lowest BCUT2D eigenvalue weighted by molar-refractivity contribution is 0.187. The maximum Gasteiger partial charge on any atom is 0.318 e. The summed E-state index contributed by atoms with van der Waals surface area (Å²) >= 11 is 0. The molecule has 0 aliphatic carbocycles. The van der Waals surface area contributed by atoms with Crippen LogP contribution in [0.4, 0.5) is 15.9 Å². The van der Waals surface area contributed by atoms with Gasteiger partial charge in [0.15, 0.2) is 0 Å². The molecule has 0 saturated carbocycles. The van der Waals surface area contributed by atoms with Crippen molar-refractivity contribution in [2.24, 2.45) is 0 Å². The molecule has 9 heteroatoms. The molecule has 0 radical (unpaired) electrons. The summed E-state index contributed by atoms with van der Waals surface area (Å²) in [5, 5.41) is 14.6. The lowest BCUT2D eigenvalue weighted by Crippen LogP contribution is -2.51. The second-order valence-corrected chi connectivity index (χ2v) is 10.6. The van der Waals surface area contributed by atoms with Crippen molar-refractivity contribution in [1.82, 2.24) is 20.2 Å². The topological polar surface area (TPSA) is 80.5 Å². The van der Waals surface area contributed by atoms with Crippen LogP contribution in [-0.4, -0.2) is 73.3 Å². The molecule has 38 heavy (non-hydrogen) atoms. The summed E-state index contributed by atoms with van der Waals surface area (Å²) in [5.41, 5.74) is 3.12. The third-order valence-electron chi connectivity index (χ3n) is 8.15. The Labute approximate surface area is 223 Å². The van der Waals surface area contributed by atoms with Gasteiger partial charge < -0.3 is 24.8 Å². The van der Waals surface area contributed by atoms with E-state index in [1.165, 1.54) is 12.5 Å². The van der Waals surface area contributed by atoms with Gasteiger partial charge in [0.1, 0.15) is 18.2 Å². The fourth-order valence-electron chi connectivity index (χ4n) is 6.05. The Balaban J connectivity index is 1.33. The van der Waals surface area contributed by atoms with Gasteiger partial charge in [0.2, 0.25) is 0 Å². The van der Waals surface area contributed by atoms with E-state index < -0.39 is 0 Å². The van der Waals surface area contributed by atoms with Crippen LogP contribution >= 0.6 is 0 Å². The Hall–Kier alpha value is -3.48. The highest BCUT2D eigenvalue weighted by atomic mass is 19.1. The van der Waals surface area contributed by atoms with Crippen molar-refractivity contribution in [3.05, 3.63) is 53.5 Å². The van der Waals surface area contributed by atoms with Crippen LogP contribution in [0.2, 0.25) is 0 Å². The minimum Gasteiger partial charge on any atom is -0.462 e. The zero-order chi connectivity index (χ0) is 26.1. The van der Waals surface area contributed by atoms with Crippen LogP contribution in [0.1, 0.15) is 30.5 Å². The Morgan fingerprint density at radius 1 is 1.16 bits per heavy atom. The first kappa shape index (κ1) is 24.8. The largest absolute Gasteiger partial charge is 0.462 e. The maximum absolute atomic E-state index is 14.2. The Morgan fingerprint density at radius 3 is 2.92 bits per heavy atom. The number of nitriles is 1. The standard InChI is InChI=1S/C29H34FN7O/c1-35-13-3-5-23(35)19-38-29-33-26-18-36(27-6-2-4-20-7-8-21(30)16-25(20)27)14-10-24(26)28(34-29)37-15-12-32-22(17-37)9-11-31/h2,4,6-8,16,22-23,32H,3,5,9-10,12-15,17-19H2,1H3/t22-,23-/m0/s1. The minimum atomic E-state index is -0.231. The molecular weight excluding hydrogens is 481 g/mol. The predicted octanol–water partition coefficient (Wildman–Crippen LogP) is 3.50. The van der Waals surface area contributed by atoms with Crippen molar-refractivity contribution < 1.29 is 9.13 Å². The number of nitrogens with zero attached hydrogens (tertiary/aromatic N) is 6. The van der Waals surface area contributed by atoms with Crippen molar-refractivity contribution in [3.63, 3.8) is 0 Å². The number of nitrogens with one attached hydrogen (secondary N) is 1. The molecule has 198 valence electrons. The number of hydrogen-bond acceptors (Lipinski definition) is 8. The summed E-state index contributed by atoms with van der Waals surface area (Å²) < 4.78 is 20.4. The lowest BCUT2D eigenvalue weighted by Gasteiger charge is -2.37. The molecule has 0 spiro atoms. The molecule has 0 amide bonds. The average molecular weight is 516 g/mol. The van der Waals surface area contributed by atoms with Gasteiger partial charge in [-0.1, -0.05) is 18.2 Å². The van der Waals surface area contributed by atoms with Crippen molar-refractivity contribution in [2.45, 2.75) is 44.3 Å². The van der Waals surface area contributed by atoms with Crippen LogP contribution < -0.4 is 19.9 Å². The summed E-state index contributed by atoms with van der Waals surface area (Å²) in [6.07, 6.45) is 3.55. The Kier molecular flexibility index (Phi) is 7.00.